The van der Waals surface area contributed by atoms with E-state index in [4.69, 9.17) is 9.47 Å². The van der Waals surface area contributed by atoms with Gasteiger partial charge in [0.25, 0.3) is 0 Å². The quantitative estimate of drug-likeness (QED) is 0.108. The molecule has 0 aromatic rings. The Morgan fingerprint density at radius 1 is 0.800 bits per heavy atom. The van der Waals surface area contributed by atoms with Gasteiger partial charge < -0.3 is 14.4 Å². The van der Waals surface area contributed by atoms with Crippen LogP contribution in [0.5, 0.6) is 0 Å². The number of ether oxygens (including phenoxy) is 2. The molecule has 0 aliphatic heterocycles. The second-order valence-corrected chi connectivity index (χ2v) is 10.2. The Kier molecular flexibility index (Phi) is 18.9. The second kappa shape index (κ2) is 20.1. The zero-order chi connectivity index (χ0) is 26.5. The molecular formula is C27H51N3O5. The van der Waals surface area contributed by atoms with Gasteiger partial charge in [-0.1, -0.05) is 84.5 Å². The lowest BCUT2D eigenvalue weighted by atomic mass is 10.1. The fraction of sp³-hybridized carbons (Fsp3) is 0.852. The molecule has 8 heteroatoms. The minimum atomic E-state index is -0.823. The first-order valence-electron chi connectivity index (χ1n) is 13.6. The Morgan fingerprint density at radius 3 is 1.86 bits per heavy atom. The molecule has 0 unspecified atom stereocenters. The fourth-order valence-electron chi connectivity index (χ4n) is 3.39. The third-order valence-electron chi connectivity index (χ3n) is 5.34. The lowest BCUT2D eigenvalue weighted by Crippen LogP contribution is -2.45. The third-order valence-corrected chi connectivity index (χ3v) is 5.34. The molecule has 0 fully saturated rings. The molecule has 1 N–H and O–H groups in total. The average molecular weight is 498 g/mol. The number of guanidine groups is 1. The highest BCUT2D eigenvalue weighted by Crippen LogP contribution is 2.10. The van der Waals surface area contributed by atoms with Gasteiger partial charge in [0.15, 0.2) is 0 Å². The van der Waals surface area contributed by atoms with E-state index in [1.54, 1.807) is 27.8 Å². The average Bonchev–Trinajstić information content (AvgIpc) is 2.76. The Morgan fingerprint density at radius 2 is 1.31 bits per heavy atom. The number of hydrogen-bond acceptors (Lipinski definition) is 5. The lowest BCUT2D eigenvalue weighted by Gasteiger charge is -2.22. The zero-order valence-corrected chi connectivity index (χ0v) is 23.2. The molecule has 0 bridgehead atoms. The first-order chi connectivity index (χ1) is 16.6. The minimum Gasteiger partial charge on any atom is -0.464 e. The Bertz CT molecular complexity index is 629. The maximum absolute atomic E-state index is 12.5. The van der Waals surface area contributed by atoms with Crippen molar-refractivity contribution in [2.45, 2.75) is 130 Å². The molecule has 204 valence electrons. The van der Waals surface area contributed by atoms with Crippen LogP contribution in [0.3, 0.4) is 0 Å². The molecular weight excluding hydrogens is 446 g/mol. The van der Waals surface area contributed by atoms with Crippen LogP contribution in [0.2, 0.25) is 0 Å². The number of carbonyl (C=O) groups excluding carboxylic acids is 3. The van der Waals surface area contributed by atoms with Crippen molar-refractivity contribution in [2.75, 3.05) is 20.2 Å². The highest BCUT2D eigenvalue weighted by atomic mass is 16.6. The number of hydrogen-bond donors (Lipinski definition) is 1. The molecule has 0 aromatic carbocycles. The summed E-state index contributed by atoms with van der Waals surface area (Å²) in [7, 11) is 1.59. The van der Waals surface area contributed by atoms with Gasteiger partial charge in [0.1, 0.15) is 12.1 Å². The number of likely N-dealkylation sites (N-methyl/N-ethyl adjacent to an activating group) is 1. The maximum atomic E-state index is 12.5. The predicted molar refractivity (Wildman–Crippen MR) is 141 cm³/mol. The van der Waals surface area contributed by atoms with Crippen LogP contribution in [0.1, 0.15) is 125 Å². The van der Waals surface area contributed by atoms with Crippen molar-refractivity contribution in [1.29, 1.82) is 0 Å². The summed E-state index contributed by atoms with van der Waals surface area (Å²) >= 11 is 0. The highest BCUT2D eigenvalue weighted by Gasteiger charge is 2.20. The molecule has 0 heterocycles. The molecule has 0 spiro atoms. The number of nitrogens with one attached hydrogen (secondary N) is 1. The van der Waals surface area contributed by atoms with Crippen molar-refractivity contribution in [3.8, 4) is 0 Å². The molecule has 0 radical (unpaired) electrons. The molecule has 0 saturated carbocycles. The zero-order valence-electron chi connectivity index (χ0n) is 23.2. The second-order valence-electron chi connectivity index (χ2n) is 10.2. The van der Waals surface area contributed by atoms with E-state index >= 15 is 0 Å². The third kappa shape index (κ3) is 20.9. The van der Waals surface area contributed by atoms with Gasteiger partial charge in [0.05, 0.1) is 6.61 Å². The van der Waals surface area contributed by atoms with Gasteiger partial charge in [-0.2, -0.15) is 0 Å². The van der Waals surface area contributed by atoms with Gasteiger partial charge in [-0.05, 0) is 33.6 Å². The van der Waals surface area contributed by atoms with Crippen molar-refractivity contribution in [3.63, 3.8) is 0 Å². The van der Waals surface area contributed by atoms with Crippen LogP contribution >= 0.6 is 0 Å². The van der Waals surface area contributed by atoms with E-state index in [9.17, 15) is 14.4 Å². The molecule has 0 rings (SSSR count). The predicted octanol–water partition coefficient (Wildman–Crippen LogP) is 6.37. The van der Waals surface area contributed by atoms with Crippen LogP contribution < -0.4 is 5.32 Å². The molecule has 0 saturated heterocycles. The summed E-state index contributed by atoms with van der Waals surface area (Å²) in [5.74, 6) is -0.685. The first kappa shape index (κ1) is 32.9. The van der Waals surface area contributed by atoms with Crippen molar-refractivity contribution in [3.05, 3.63) is 0 Å². The molecule has 2 amide bonds. The van der Waals surface area contributed by atoms with E-state index in [2.05, 4.69) is 24.2 Å². The largest absolute Gasteiger partial charge is 0.464 e. The summed E-state index contributed by atoms with van der Waals surface area (Å²) in [5, 5.41) is 2.68. The Balaban J connectivity index is 4.71. The van der Waals surface area contributed by atoms with Crippen molar-refractivity contribution in [2.24, 2.45) is 4.99 Å². The SMILES string of the molecule is CCCCCCCCCCC(=O)N/C(=N/C(=O)OC(C)(C)C)N(C)CC(=O)OCCCCCCC. The standard InChI is InChI=1S/C27H51N3O5/c1-7-9-11-13-14-15-16-18-20-23(31)28-25(29-26(33)35-27(3,4)5)30(6)22-24(32)34-21-19-17-12-10-8-2/h7-22H2,1-6H3,(H,28,29,31,33). The van der Waals surface area contributed by atoms with Gasteiger partial charge in [-0.3, -0.25) is 14.9 Å². The molecule has 0 aromatic heterocycles. The van der Waals surface area contributed by atoms with Crippen molar-refractivity contribution < 1.29 is 23.9 Å². The van der Waals surface area contributed by atoms with Gasteiger partial charge in [-0.25, -0.2) is 4.79 Å². The number of unbranched alkanes of at least 4 members (excludes halogenated alkanes) is 11. The normalized spacial score (nSPS) is 11.8. The van der Waals surface area contributed by atoms with Crippen LogP contribution in [-0.2, 0) is 19.1 Å². The summed E-state index contributed by atoms with van der Waals surface area (Å²) < 4.78 is 10.5. The summed E-state index contributed by atoms with van der Waals surface area (Å²) in [4.78, 5) is 42.3. The van der Waals surface area contributed by atoms with Crippen LogP contribution in [-0.4, -0.2) is 54.6 Å². The highest BCUT2D eigenvalue weighted by molar-refractivity contribution is 6.01. The number of aliphatic imine (C=N–C) groups is 1. The van der Waals surface area contributed by atoms with Crippen LogP contribution in [0.15, 0.2) is 4.99 Å². The molecule has 0 aliphatic carbocycles. The number of rotatable bonds is 17. The van der Waals surface area contributed by atoms with E-state index < -0.39 is 17.7 Å². The monoisotopic (exact) mass is 497 g/mol. The van der Waals surface area contributed by atoms with E-state index in [-0.39, 0.29) is 18.4 Å². The van der Waals surface area contributed by atoms with E-state index in [1.807, 2.05) is 0 Å². The Hall–Kier alpha value is -2.12. The number of carbonyl (C=O) groups is 3. The summed E-state index contributed by atoms with van der Waals surface area (Å²) in [6.45, 7) is 9.80. The summed E-state index contributed by atoms with van der Waals surface area (Å²) in [6.07, 6.45) is 13.9. The summed E-state index contributed by atoms with van der Waals surface area (Å²) in [6, 6.07) is 0. The van der Waals surface area contributed by atoms with E-state index in [0.29, 0.717) is 13.0 Å². The van der Waals surface area contributed by atoms with E-state index in [0.717, 1.165) is 44.9 Å². The molecule has 35 heavy (non-hydrogen) atoms. The number of amides is 2. The lowest BCUT2D eigenvalue weighted by molar-refractivity contribution is -0.144. The van der Waals surface area contributed by atoms with Crippen LogP contribution in [0.4, 0.5) is 4.79 Å². The fourth-order valence-corrected chi connectivity index (χ4v) is 3.39. The van der Waals surface area contributed by atoms with Gasteiger partial charge >= 0.3 is 12.1 Å². The van der Waals surface area contributed by atoms with Crippen LogP contribution in [0, 0.1) is 0 Å². The van der Waals surface area contributed by atoms with Crippen molar-refractivity contribution in [1.82, 2.24) is 10.2 Å². The number of nitrogens with zero attached hydrogens (tertiary/aromatic N) is 2. The van der Waals surface area contributed by atoms with Crippen LogP contribution in [0.25, 0.3) is 0 Å². The van der Waals surface area contributed by atoms with Crippen molar-refractivity contribution >= 4 is 23.9 Å². The molecule has 8 nitrogen and oxygen atoms in total. The number of esters is 1. The molecule has 0 atom stereocenters. The van der Waals surface area contributed by atoms with E-state index in [1.165, 1.54) is 43.4 Å². The summed E-state index contributed by atoms with van der Waals surface area (Å²) in [5.41, 5.74) is -0.720. The van der Waals surface area contributed by atoms with Gasteiger partial charge in [-0.15, -0.1) is 4.99 Å². The molecule has 0 aliphatic rings. The van der Waals surface area contributed by atoms with Gasteiger partial charge in [0.2, 0.25) is 11.9 Å². The Labute approximate surface area is 213 Å². The first-order valence-corrected chi connectivity index (χ1v) is 13.6. The minimum absolute atomic E-state index is 0.0105. The maximum Gasteiger partial charge on any atom is 0.437 e. The smallest absolute Gasteiger partial charge is 0.437 e. The topological polar surface area (TPSA) is 97.3 Å². The van der Waals surface area contributed by atoms with Gasteiger partial charge in [0, 0.05) is 13.5 Å².